The number of hydrogen-bond acceptors (Lipinski definition) is 2. The minimum Gasteiger partial charge on any atom is -0.481 e. The summed E-state index contributed by atoms with van der Waals surface area (Å²) in [5.74, 6) is -0.241. The Labute approximate surface area is 101 Å². The lowest BCUT2D eigenvalue weighted by molar-refractivity contribution is -0.146. The Morgan fingerprint density at radius 3 is 2.12 bits per heavy atom. The van der Waals surface area contributed by atoms with E-state index in [9.17, 15) is 9.59 Å². The summed E-state index contributed by atoms with van der Waals surface area (Å²) < 4.78 is 0. The van der Waals surface area contributed by atoms with E-state index in [2.05, 4.69) is 0 Å². The first-order valence-corrected chi connectivity index (χ1v) is 6.52. The largest absolute Gasteiger partial charge is 0.481 e. The van der Waals surface area contributed by atoms with E-state index < -0.39 is 11.9 Å². The lowest BCUT2D eigenvalue weighted by atomic mass is 9.60. The molecule has 96 valence electrons. The van der Waals surface area contributed by atoms with E-state index in [1.165, 1.54) is 6.42 Å². The maximum atomic E-state index is 11.1. The van der Waals surface area contributed by atoms with Crippen molar-refractivity contribution in [3.8, 4) is 0 Å². The van der Waals surface area contributed by atoms with Crippen LogP contribution in [0.4, 0.5) is 0 Å². The van der Waals surface area contributed by atoms with Gasteiger partial charge in [-0.05, 0) is 37.0 Å². The summed E-state index contributed by atoms with van der Waals surface area (Å²) in [6, 6.07) is 0. The van der Waals surface area contributed by atoms with E-state index in [0.717, 1.165) is 32.1 Å². The van der Waals surface area contributed by atoms with Crippen LogP contribution in [0.2, 0.25) is 0 Å². The third-order valence-electron chi connectivity index (χ3n) is 4.58. The van der Waals surface area contributed by atoms with Crippen molar-refractivity contribution in [1.29, 1.82) is 0 Å². The number of hydrogen-bond donors (Lipinski definition) is 2. The second kappa shape index (κ2) is 5.07. The lowest BCUT2D eigenvalue weighted by Gasteiger charge is -2.44. The number of rotatable bonds is 4. The third kappa shape index (κ3) is 2.79. The molecule has 2 unspecified atom stereocenters. The van der Waals surface area contributed by atoms with Crippen LogP contribution in [0.15, 0.2) is 0 Å². The van der Waals surface area contributed by atoms with Crippen molar-refractivity contribution in [1.82, 2.24) is 0 Å². The molecule has 2 saturated carbocycles. The Balaban J connectivity index is 1.99. The molecule has 4 heteroatoms. The van der Waals surface area contributed by atoms with Crippen molar-refractivity contribution in [3.05, 3.63) is 0 Å². The van der Waals surface area contributed by atoms with Gasteiger partial charge in [-0.15, -0.1) is 0 Å². The van der Waals surface area contributed by atoms with Gasteiger partial charge in [-0.25, -0.2) is 0 Å². The molecule has 2 aliphatic rings. The molecule has 2 N–H and O–H groups in total. The summed E-state index contributed by atoms with van der Waals surface area (Å²) in [7, 11) is 0. The number of carbonyl (C=O) groups is 2. The molecule has 2 fully saturated rings. The van der Waals surface area contributed by atoms with E-state index in [0.29, 0.717) is 17.8 Å². The van der Waals surface area contributed by atoms with Gasteiger partial charge in [0.25, 0.3) is 0 Å². The first-order chi connectivity index (χ1) is 8.08. The zero-order chi connectivity index (χ0) is 12.4. The van der Waals surface area contributed by atoms with Crippen molar-refractivity contribution in [2.24, 2.45) is 23.7 Å². The first kappa shape index (κ1) is 12.4. The monoisotopic (exact) mass is 240 g/mol. The molecular weight excluding hydrogens is 220 g/mol. The van der Waals surface area contributed by atoms with Crippen molar-refractivity contribution in [2.45, 2.75) is 44.9 Å². The Kier molecular flexibility index (Phi) is 3.69. The third-order valence-corrected chi connectivity index (χ3v) is 4.58. The minimum atomic E-state index is -0.733. The standard InChI is InChI=1S/C13H20O4/c14-12(15)5-4-11-8-2-1-3-9(11)7-10(6-8)13(16)17/h8-11H,1-7H2,(H,14,15)(H,16,17). The molecule has 0 amide bonds. The molecule has 0 aromatic carbocycles. The average Bonchev–Trinajstić information content (AvgIpc) is 2.24. The van der Waals surface area contributed by atoms with Crippen LogP contribution in [-0.2, 0) is 9.59 Å². The SMILES string of the molecule is O=C(O)CCC1C2CCCC1CC(C(=O)O)C2. The predicted octanol–water partition coefficient (Wildman–Crippen LogP) is 2.38. The van der Waals surface area contributed by atoms with Crippen molar-refractivity contribution in [2.75, 3.05) is 0 Å². The Morgan fingerprint density at radius 2 is 1.65 bits per heavy atom. The minimum absolute atomic E-state index is 0.189. The van der Waals surface area contributed by atoms with Gasteiger partial charge in [-0.2, -0.15) is 0 Å². The Hall–Kier alpha value is -1.06. The smallest absolute Gasteiger partial charge is 0.306 e. The number of carboxylic acids is 2. The second-order valence-electron chi connectivity index (χ2n) is 5.55. The fraction of sp³-hybridized carbons (Fsp3) is 0.846. The van der Waals surface area contributed by atoms with E-state index in [-0.39, 0.29) is 12.3 Å². The summed E-state index contributed by atoms with van der Waals surface area (Å²) in [6.45, 7) is 0. The molecule has 2 atom stereocenters. The summed E-state index contributed by atoms with van der Waals surface area (Å²) in [6.07, 6.45) is 5.85. The van der Waals surface area contributed by atoms with Crippen LogP contribution < -0.4 is 0 Å². The molecule has 2 aliphatic carbocycles. The van der Waals surface area contributed by atoms with Gasteiger partial charge in [-0.3, -0.25) is 9.59 Å². The maximum Gasteiger partial charge on any atom is 0.306 e. The topological polar surface area (TPSA) is 74.6 Å². The molecule has 0 aromatic heterocycles. The average molecular weight is 240 g/mol. The summed E-state index contributed by atoms with van der Waals surface area (Å²) in [5, 5.41) is 17.9. The Bertz CT molecular complexity index is 299. The van der Waals surface area contributed by atoms with Crippen molar-refractivity contribution >= 4 is 11.9 Å². The zero-order valence-electron chi connectivity index (χ0n) is 9.97. The zero-order valence-corrected chi connectivity index (χ0v) is 9.97. The van der Waals surface area contributed by atoms with Crippen molar-refractivity contribution in [3.63, 3.8) is 0 Å². The van der Waals surface area contributed by atoms with Crippen LogP contribution in [0.3, 0.4) is 0 Å². The van der Waals surface area contributed by atoms with Gasteiger partial charge in [0.05, 0.1) is 5.92 Å². The van der Waals surface area contributed by atoms with Crippen LogP contribution >= 0.6 is 0 Å². The summed E-state index contributed by atoms with van der Waals surface area (Å²) >= 11 is 0. The number of fused-ring (bicyclic) bond motifs is 2. The molecule has 0 radical (unpaired) electrons. The van der Waals surface area contributed by atoms with Crippen LogP contribution in [0.5, 0.6) is 0 Å². The normalized spacial score (nSPS) is 36.5. The fourth-order valence-corrected chi connectivity index (χ4v) is 3.83. The van der Waals surface area contributed by atoms with Crippen molar-refractivity contribution < 1.29 is 19.8 Å². The molecule has 17 heavy (non-hydrogen) atoms. The van der Waals surface area contributed by atoms with E-state index in [4.69, 9.17) is 10.2 Å². The molecular formula is C13H20O4. The summed E-state index contributed by atoms with van der Waals surface area (Å²) in [5.41, 5.74) is 0. The highest BCUT2D eigenvalue weighted by molar-refractivity contribution is 5.70. The van der Waals surface area contributed by atoms with E-state index >= 15 is 0 Å². The fourth-order valence-electron chi connectivity index (χ4n) is 3.83. The molecule has 0 aromatic rings. The predicted molar refractivity (Wildman–Crippen MR) is 61.6 cm³/mol. The Morgan fingerprint density at radius 1 is 1.06 bits per heavy atom. The first-order valence-electron chi connectivity index (χ1n) is 6.52. The van der Waals surface area contributed by atoms with Gasteiger partial charge in [0.15, 0.2) is 0 Å². The molecule has 0 heterocycles. The van der Waals surface area contributed by atoms with Crippen LogP contribution in [0, 0.1) is 23.7 Å². The highest BCUT2D eigenvalue weighted by atomic mass is 16.4. The summed E-state index contributed by atoms with van der Waals surface area (Å²) in [4.78, 5) is 21.7. The maximum absolute atomic E-state index is 11.1. The van der Waals surface area contributed by atoms with Gasteiger partial charge in [0.2, 0.25) is 0 Å². The van der Waals surface area contributed by atoms with E-state index in [1.54, 1.807) is 0 Å². The van der Waals surface area contributed by atoms with Crippen LogP contribution in [0.25, 0.3) is 0 Å². The second-order valence-corrected chi connectivity index (χ2v) is 5.55. The number of carboxylic acid groups (broad SMARTS) is 2. The van der Waals surface area contributed by atoms with Crippen LogP contribution in [-0.4, -0.2) is 22.2 Å². The molecule has 2 bridgehead atoms. The van der Waals surface area contributed by atoms with E-state index in [1.807, 2.05) is 0 Å². The highest BCUT2D eigenvalue weighted by Gasteiger charge is 2.42. The lowest BCUT2D eigenvalue weighted by Crippen LogP contribution is -2.38. The van der Waals surface area contributed by atoms with Gasteiger partial charge < -0.3 is 10.2 Å². The molecule has 2 rings (SSSR count). The highest BCUT2D eigenvalue weighted by Crippen LogP contribution is 2.48. The quantitative estimate of drug-likeness (QED) is 0.791. The molecule has 0 aliphatic heterocycles. The van der Waals surface area contributed by atoms with Gasteiger partial charge in [0.1, 0.15) is 0 Å². The number of aliphatic carboxylic acids is 2. The van der Waals surface area contributed by atoms with Gasteiger partial charge in [0, 0.05) is 6.42 Å². The van der Waals surface area contributed by atoms with Crippen LogP contribution in [0.1, 0.15) is 44.9 Å². The van der Waals surface area contributed by atoms with Gasteiger partial charge in [-0.1, -0.05) is 19.3 Å². The molecule has 0 spiro atoms. The molecule has 0 saturated heterocycles. The van der Waals surface area contributed by atoms with Gasteiger partial charge >= 0.3 is 11.9 Å². The molecule has 4 nitrogen and oxygen atoms in total.